The SMILES string of the molecule is Cc1[nH]nc(NS(=O)(=O)c2cc(N)c(F)cc2Br)c1C. The first kappa shape index (κ1) is 14.8. The smallest absolute Gasteiger partial charge is 0.264 e. The summed E-state index contributed by atoms with van der Waals surface area (Å²) in [7, 11) is -3.92. The zero-order valence-corrected chi connectivity index (χ0v) is 13.1. The molecular weight excluding hydrogens is 351 g/mol. The highest BCUT2D eigenvalue weighted by Crippen LogP contribution is 2.28. The normalized spacial score (nSPS) is 11.6. The Labute approximate surface area is 123 Å². The van der Waals surface area contributed by atoms with Crippen LogP contribution in [0.1, 0.15) is 11.3 Å². The lowest BCUT2D eigenvalue weighted by atomic mass is 10.3. The van der Waals surface area contributed by atoms with E-state index in [0.29, 0.717) is 5.56 Å². The van der Waals surface area contributed by atoms with Gasteiger partial charge >= 0.3 is 0 Å². The number of aromatic nitrogens is 2. The molecule has 0 aliphatic carbocycles. The van der Waals surface area contributed by atoms with Crippen molar-refractivity contribution in [2.45, 2.75) is 18.7 Å². The number of rotatable bonds is 3. The lowest BCUT2D eigenvalue weighted by Gasteiger charge is -2.09. The summed E-state index contributed by atoms with van der Waals surface area (Å²) in [6.07, 6.45) is 0. The van der Waals surface area contributed by atoms with Crippen molar-refractivity contribution in [1.82, 2.24) is 10.2 Å². The Morgan fingerprint density at radius 1 is 1.40 bits per heavy atom. The second-order valence-corrected chi connectivity index (χ2v) is 6.74. The summed E-state index contributed by atoms with van der Waals surface area (Å²) >= 11 is 3.01. The van der Waals surface area contributed by atoms with Crippen molar-refractivity contribution in [1.29, 1.82) is 0 Å². The van der Waals surface area contributed by atoms with Crippen LogP contribution in [0.4, 0.5) is 15.9 Å². The van der Waals surface area contributed by atoms with Gasteiger partial charge in [0, 0.05) is 15.7 Å². The number of nitrogens with zero attached hydrogens (tertiary/aromatic N) is 1. The molecule has 0 saturated carbocycles. The molecule has 2 aromatic rings. The molecule has 0 saturated heterocycles. The average Bonchev–Trinajstić information content (AvgIpc) is 2.65. The first-order valence-electron chi connectivity index (χ1n) is 5.51. The summed E-state index contributed by atoms with van der Waals surface area (Å²) in [5.74, 6) is -0.500. The van der Waals surface area contributed by atoms with Gasteiger partial charge in [-0.05, 0) is 41.9 Å². The lowest BCUT2D eigenvalue weighted by molar-refractivity contribution is 0.599. The van der Waals surface area contributed by atoms with Gasteiger partial charge in [-0.25, -0.2) is 12.8 Å². The number of benzene rings is 1. The van der Waals surface area contributed by atoms with Crippen molar-refractivity contribution in [2.24, 2.45) is 0 Å². The van der Waals surface area contributed by atoms with E-state index in [9.17, 15) is 12.8 Å². The highest BCUT2D eigenvalue weighted by molar-refractivity contribution is 9.10. The standard InChI is InChI=1S/C11H12BrFN4O2S/c1-5-6(2)15-16-11(5)17-20(18,19)10-4-9(14)8(13)3-7(10)12/h3-4H,14H2,1-2H3,(H2,15,16,17). The molecule has 6 nitrogen and oxygen atoms in total. The zero-order valence-electron chi connectivity index (χ0n) is 10.7. The zero-order chi connectivity index (χ0) is 15.1. The molecular formula is C11H12BrFN4O2S. The van der Waals surface area contributed by atoms with Gasteiger partial charge in [0.25, 0.3) is 10.0 Å². The van der Waals surface area contributed by atoms with Gasteiger partial charge in [0.15, 0.2) is 5.82 Å². The number of nitrogen functional groups attached to an aromatic ring is 1. The van der Waals surface area contributed by atoms with Crippen molar-refractivity contribution in [3.63, 3.8) is 0 Å². The maximum absolute atomic E-state index is 13.3. The predicted octanol–water partition coefficient (Wildman–Crippen LogP) is 2.31. The molecule has 4 N–H and O–H groups in total. The summed E-state index contributed by atoms with van der Waals surface area (Å²) < 4.78 is 40.2. The van der Waals surface area contributed by atoms with Crippen LogP contribution < -0.4 is 10.5 Å². The Balaban J connectivity index is 2.46. The van der Waals surface area contributed by atoms with Gasteiger partial charge in [0.05, 0.1) is 5.69 Å². The fourth-order valence-corrected chi connectivity index (χ4v) is 3.63. The third-order valence-electron chi connectivity index (χ3n) is 2.82. The Bertz CT molecular complexity index is 773. The molecule has 0 aliphatic heterocycles. The number of hydrogen-bond donors (Lipinski definition) is 3. The van der Waals surface area contributed by atoms with Gasteiger partial charge < -0.3 is 5.73 Å². The van der Waals surface area contributed by atoms with Crippen LogP contribution in [0, 0.1) is 19.7 Å². The summed E-state index contributed by atoms with van der Waals surface area (Å²) in [5.41, 5.74) is 6.59. The van der Waals surface area contributed by atoms with Crippen molar-refractivity contribution in [3.8, 4) is 0 Å². The fourth-order valence-electron chi connectivity index (χ4n) is 1.52. The van der Waals surface area contributed by atoms with E-state index in [-0.39, 0.29) is 20.9 Å². The number of anilines is 2. The van der Waals surface area contributed by atoms with Gasteiger partial charge in [-0.2, -0.15) is 5.10 Å². The molecule has 2 rings (SSSR count). The van der Waals surface area contributed by atoms with Crippen molar-refractivity contribution >= 4 is 37.5 Å². The Kier molecular flexibility index (Phi) is 3.74. The third kappa shape index (κ3) is 2.63. The Morgan fingerprint density at radius 2 is 2.05 bits per heavy atom. The van der Waals surface area contributed by atoms with Crippen LogP contribution in [0.3, 0.4) is 0 Å². The molecule has 0 amide bonds. The molecule has 1 aromatic carbocycles. The molecule has 0 unspecified atom stereocenters. The molecule has 108 valence electrons. The Morgan fingerprint density at radius 3 is 2.60 bits per heavy atom. The summed E-state index contributed by atoms with van der Waals surface area (Å²) in [6.45, 7) is 3.50. The third-order valence-corrected chi connectivity index (χ3v) is 5.12. The largest absolute Gasteiger partial charge is 0.396 e. The number of aryl methyl sites for hydroxylation is 1. The van der Waals surface area contributed by atoms with E-state index >= 15 is 0 Å². The van der Waals surface area contributed by atoms with Crippen molar-refractivity contribution in [2.75, 3.05) is 10.5 Å². The molecule has 0 radical (unpaired) electrons. The molecule has 0 bridgehead atoms. The first-order chi connectivity index (χ1) is 9.22. The fraction of sp³-hybridized carbons (Fsp3) is 0.182. The number of aromatic amines is 1. The minimum absolute atomic E-state index is 0.0848. The van der Waals surface area contributed by atoms with Crippen LogP contribution in [-0.4, -0.2) is 18.6 Å². The minimum atomic E-state index is -3.92. The number of nitrogens with one attached hydrogen (secondary N) is 2. The van der Waals surface area contributed by atoms with Crippen molar-refractivity contribution in [3.05, 3.63) is 33.7 Å². The molecule has 9 heteroatoms. The van der Waals surface area contributed by atoms with Crippen molar-refractivity contribution < 1.29 is 12.8 Å². The summed E-state index contributed by atoms with van der Waals surface area (Å²) in [4.78, 5) is -0.156. The van der Waals surface area contributed by atoms with Crippen LogP contribution >= 0.6 is 15.9 Å². The second kappa shape index (κ2) is 5.06. The van der Waals surface area contributed by atoms with Gasteiger partial charge in [-0.3, -0.25) is 9.82 Å². The van der Waals surface area contributed by atoms with E-state index in [1.807, 2.05) is 0 Å². The Hall–Kier alpha value is -1.61. The quantitative estimate of drug-likeness (QED) is 0.729. The van der Waals surface area contributed by atoms with E-state index < -0.39 is 15.8 Å². The molecule has 0 fully saturated rings. The van der Waals surface area contributed by atoms with Gasteiger partial charge in [0.1, 0.15) is 10.7 Å². The molecule has 20 heavy (non-hydrogen) atoms. The monoisotopic (exact) mass is 362 g/mol. The van der Waals surface area contributed by atoms with Crippen LogP contribution in [0.25, 0.3) is 0 Å². The molecule has 1 heterocycles. The second-order valence-electron chi connectivity index (χ2n) is 4.23. The average molecular weight is 363 g/mol. The number of sulfonamides is 1. The topological polar surface area (TPSA) is 101 Å². The van der Waals surface area contributed by atoms with Gasteiger partial charge in [0.2, 0.25) is 0 Å². The van der Waals surface area contributed by atoms with E-state index in [4.69, 9.17) is 5.73 Å². The van der Waals surface area contributed by atoms with E-state index in [1.54, 1.807) is 13.8 Å². The van der Waals surface area contributed by atoms with E-state index in [2.05, 4.69) is 30.8 Å². The predicted molar refractivity (Wildman–Crippen MR) is 77.4 cm³/mol. The highest BCUT2D eigenvalue weighted by Gasteiger charge is 2.22. The first-order valence-corrected chi connectivity index (χ1v) is 7.79. The lowest BCUT2D eigenvalue weighted by Crippen LogP contribution is -2.15. The molecule has 1 aromatic heterocycles. The number of H-pyrrole nitrogens is 1. The highest BCUT2D eigenvalue weighted by atomic mass is 79.9. The van der Waals surface area contributed by atoms with Crippen LogP contribution in [-0.2, 0) is 10.0 Å². The number of halogens is 2. The molecule has 0 aliphatic rings. The number of hydrogen-bond acceptors (Lipinski definition) is 4. The minimum Gasteiger partial charge on any atom is -0.396 e. The maximum Gasteiger partial charge on any atom is 0.264 e. The van der Waals surface area contributed by atoms with Crippen LogP contribution in [0.2, 0.25) is 0 Å². The summed E-state index contributed by atoms with van der Waals surface area (Å²) in [6, 6.07) is 2.06. The van der Waals surface area contributed by atoms with Gasteiger partial charge in [-0.15, -0.1) is 0 Å². The van der Waals surface area contributed by atoms with E-state index in [0.717, 1.165) is 17.8 Å². The molecule has 0 spiro atoms. The summed E-state index contributed by atoms with van der Waals surface area (Å²) in [5, 5.41) is 6.53. The van der Waals surface area contributed by atoms with E-state index in [1.165, 1.54) is 0 Å². The molecule has 0 atom stereocenters. The van der Waals surface area contributed by atoms with Gasteiger partial charge in [-0.1, -0.05) is 0 Å². The van der Waals surface area contributed by atoms with Crippen LogP contribution in [0.5, 0.6) is 0 Å². The number of nitrogens with two attached hydrogens (primary N) is 1. The van der Waals surface area contributed by atoms with Crippen LogP contribution in [0.15, 0.2) is 21.5 Å². The maximum atomic E-state index is 13.3.